The number of rotatable bonds is 3. The summed E-state index contributed by atoms with van der Waals surface area (Å²) in [6, 6.07) is 17.7. The van der Waals surface area contributed by atoms with Crippen LogP contribution >= 0.6 is 11.6 Å². The molecule has 0 bridgehead atoms. The third kappa shape index (κ3) is 2.41. The number of para-hydroxylation sites is 1. The fraction of sp³-hybridized carbons (Fsp3) is 0.118. The molecule has 0 N–H and O–H groups in total. The lowest BCUT2D eigenvalue weighted by Crippen LogP contribution is -2.03. The summed E-state index contributed by atoms with van der Waals surface area (Å²) in [4.78, 5) is 12.0. The van der Waals surface area contributed by atoms with Crippen LogP contribution in [-0.4, -0.2) is 17.6 Å². The van der Waals surface area contributed by atoms with Gasteiger partial charge in [-0.2, -0.15) is 0 Å². The summed E-state index contributed by atoms with van der Waals surface area (Å²) in [6.45, 7) is 0.608. The number of carbonyl (C=O) groups excluding carboxylic acids is 1. The van der Waals surface area contributed by atoms with Gasteiger partial charge in [-0.25, -0.2) is 4.79 Å². The minimum absolute atomic E-state index is 0.409. The Morgan fingerprint density at radius 1 is 1.10 bits per heavy atom. The highest BCUT2D eigenvalue weighted by molar-refractivity contribution is 6.35. The molecule has 1 heterocycles. The van der Waals surface area contributed by atoms with Crippen LogP contribution in [0.1, 0.15) is 15.9 Å². The molecule has 106 valence electrons. The summed E-state index contributed by atoms with van der Waals surface area (Å²) in [5.41, 5.74) is 2.47. The van der Waals surface area contributed by atoms with Gasteiger partial charge in [0.2, 0.25) is 0 Å². The average molecular weight is 300 g/mol. The van der Waals surface area contributed by atoms with Crippen molar-refractivity contribution in [1.29, 1.82) is 0 Å². The van der Waals surface area contributed by atoms with Crippen molar-refractivity contribution in [1.82, 2.24) is 4.57 Å². The first-order chi connectivity index (χ1) is 10.2. The van der Waals surface area contributed by atoms with Crippen molar-refractivity contribution in [3.63, 3.8) is 0 Å². The average Bonchev–Trinajstić information content (AvgIpc) is 2.80. The van der Waals surface area contributed by atoms with Crippen LogP contribution in [0.5, 0.6) is 0 Å². The summed E-state index contributed by atoms with van der Waals surface area (Å²) in [5, 5.41) is 1.22. The van der Waals surface area contributed by atoms with Crippen molar-refractivity contribution in [2.24, 2.45) is 0 Å². The van der Waals surface area contributed by atoms with E-state index in [1.165, 1.54) is 7.11 Å². The predicted octanol–water partition coefficient (Wildman–Crippen LogP) is 4.13. The van der Waals surface area contributed by atoms with Gasteiger partial charge in [0.15, 0.2) is 0 Å². The Balaban J connectivity index is 2.18. The van der Waals surface area contributed by atoms with Gasteiger partial charge in [0.1, 0.15) is 10.7 Å². The molecule has 3 nitrogen and oxygen atoms in total. The second-order valence-corrected chi connectivity index (χ2v) is 5.10. The van der Waals surface area contributed by atoms with Crippen LogP contribution in [0.2, 0.25) is 5.15 Å². The Labute approximate surface area is 127 Å². The maximum atomic E-state index is 12.0. The third-order valence-corrected chi connectivity index (χ3v) is 3.87. The van der Waals surface area contributed by atoms with Gasteiger partial charge in [0.25, 0.3) is 0 Å². The molecule has 0 saturated carbocycles. The van der Waals surface area contributed by atoms with Gasteiger partial charge in [-0.05, 0) is 11.6 Å². The van der Waals surface area contributed by atoms with Crippen LogP contribution in [0.15, 0.2) is 54.6 Å². The number of halogens is 1. The van der Waals surface area contributed by atoms with E-state index >= 15 is 0 Å². The second kappa shape index (κ2) is 5.62. The molecule has 0 radical (unpaired) electrons. The van der Waals surface area contributed by atoms with E-state index in [1.807, 2.05) is 59.2 Å². The Kier molecular flexibility index (Phi) is 3.67. The van der Waals surface area contributed by atoms with Crippen molar-refractivity contribution in [3.05, 3.63) is 70.9 Å². The monoisotopic (exact) mass is 299 g/mol. The molecular weight excluding hydrogens is 286 g/mol. The molecule has 0 unspecified atom stereocenters. The van der Waals surface area contributed by atoms with E-state index in [0.29, 0.717) is 17.3 Å². The molecule has 0 fully saturated rings. The summed E-state index contributed by atoms with van der Waals surface area (Å²) in [7, 11) is 1.36. The zero-order valence-electron chi connectivity index (χ0n) is 11.5. The number of aromatic nitrogens is 1. The SMILES string of the molecule is COC(=O)c1c(Cl)n(Cc2ccccc2)c2ccccc12. The molecule has 0 atom stereocenters. The summed E-state index contributed by atoms with van der Waals surface area (Å²) < 4.78 is 6.78. The smallest absolute Gasteiger partial charge is 0.341 e. The summed E-state index contributed by atoms with van der Waals surface area (Å²) >= 11 is 6.44. The largest absolute Gasteiger partial charge is 0.465 e. The van der Waals surface area contributed by atoms with Crippen LogP contribution in [0, 0.1) is 0 Å². The number of hydrogen-bond donors (Lipinski definition) is 0. The van der Waals surface area contributed by atoms with Crippen LogP contribution in [0.3, 0.4) is 0 Å². The van der Waals surface area contributed by atoms with Gasteiger partial charge in [-0.1, -0.05) is 60.1 Å². The lowest BCUT2D eigenvalue weighted by Gasteiger charge is -2.07. The highest BCUT2D eigenvalue weighted by atomic mass is 35.5. The van der Waals surface area contributed by atoms with Crippen molar-refractivity contribution in [3.8, 4) is 0 Å². The maximum absolute atomic E-state index is 12.0. The molecule has 0 spiro atoms. The number of methoxy groups -OCH3 is 1. The molecule has 21 heavy (non-hydrogen) atoms. The molecule has 0 aliphatic carbocycles. The van der Waals surface area contributed by atoms with Gasteiger partial charge in [0.05, 0.1) is 12.6 Å². The van der Waals surface area contributed by atoms with E-state index in [-0.39, 0.29) is 0 Å². The molecular formula is C17H14ClNO2. The number of esters is 1. The fourth-order valence-corrected chi connectivity index (χ4v) is 2.82. The van der Waals surface area contributed by atoms with Gasteiger partial charge in [-0.15, -0.1) is 0 Å². The van der Waals surface area contributed by atoms with Crippen LogP contribution < -0.4 is 0 Å². The van der Waals surface area contributed by atoms with Crippen LogP contribution in [-0.2, 0) is 11.3 Å². The Hall–Kier alpha value is -2.26. The van der Waals surface area contributed by atoms with Crippen LogP contribution in [0.4, 0.5) is 0 Å². The van der Waals surface area contributed by atoms with Gasteiger partial charge in [-0.3, -0.25) is 0 Å². The standard InChI is InChI=1S/C17H14ClNO2/c1-21-17(20)15-13-9-5-6-10-14(13)19(16(15)18)11-12-7-3-2-4-8-12/h2-10H,11H2,1H3. The molecule has 2 aromatic carbocycles. The molecule has 3 rings (SSSR count). The maximum Gasteiger partial charge on any atom is 0.341 e. The summed E-state index contributed by atoms with van der Waals surface area (Å²) in [6.07, 6.45) is 0. The number of nitrogens with zero attached hydrogens (tertiary/aromatic N) is 1. The number of carbonyl (C=O) groups is 1. The third-order valence-electron chi connectivity index (χ3n) is 3.48. The van der Waals surface area contributed by atoms with E-state index in [1.54, 1.807) is 0 Å². The normalized spacial score (nSPS) is 10.8. The number of benzene rings is 2. The number of ether oxygens (including phenoxy) is 1. The van der Waals surface area contributed by atoms with E-state index < -0.39 is 5.97 Å². The predicted molar refractivity (Wildman–Crippen MR) is 83.8 cm³/mol. The van der Waals surface area contributed by atoms with Gasteiger partial charge < -0.3 is 9.30 Å². The minimum atomic E-state index is -0.414. The first kappa shape index (κ1) is 13.7. The van der Waals surface area contributed by atoms with E-state index in [0.717, 1.165) is 16.5 Å². The molecule has 3 aromatic rings. The first-order valence-electron chi connectivity index (χ1n) is 6.61. The molecule has 0 saturated heterocycles. The number of hydrogen-bond acceptors (Lipinski definition) is 2. The van der Waals surface area contributed by atoms with E-state index in [9.17, 15) is 4.79 Å². The molecule has 0 aliphatic heterocycles. The summed E-state index contributed by atoms with van der Waals surface area (Å²) in [5.74, 6) is -0.414. The topological polar surface area (TPSA) is 31.2 Å². The van der Waals surface area contributed by atoms with Crippen molar-refractivity contribution < 1.29 is 9.53 Å². The quantitative estimate of drug-likeness (QED) is 0.681. The second-order valence-electron chi connectivity index (χ2n) is 4.75. The molecule has 4 heteroatoms. The molecule has 0 amide bonds. The molecule has 0 aliphatic rings. The van der Waals surface area contributed by atoms with Crippen LogP contribution in [0.25, 0.3) is 10.9 Å². The van der Waals surface area contributed by atoms with Crippen molar-refractivity contribution in [2.45, 2.75) is 6.54 Å². The first-order valence-corrected chi connectivity index (χ1v) is 6.99. The zero-order valence-corrected chi connectivity index (χ0v) is 12.3. The van der Waals surface area contributed by atoms with E-state index in [4.69, 9.17) is 16.3 Å². The Bertz CT molecular complexity index is 793. The van der Waals surface area contributed by atoms with Gasteiger partial charge >= 0.3 is 5.97 Å². The Morgan fingerprint density at radius 2 is 1.76 bits per heavy atom. The lowest BCUT2D eigenvalue weighted by molar-refractivity contribution is 0.0603. The highest BCUT2D eigenvalue weighted by Gasteiger charge is 2.21. The Morgan fingerprint density at radius 3 is 2.48 bits per heavy atom. The number of fused-ring (bicyclic) bond motifs is 1. The van der Waals surface area contributed by atoms with Crippen molar-refractivity contribution in [2.75, 3.05) is 7.11 Å². The van der Waals surface area contributed by atoms with E-state index in [2.05, 4.69) is 0 Å². The highest BCUT2D eigenvalue weighted by Crippen LogP contribution is 2.31. The minimum Gasteiger partial charge on any atom is -0.465 e. The molecule has 1 aromatic heterocycles. The fourth-order valence-electron chi connectivity index (χ4n) is 2.49. The van der Waals surface area contributed by atoms with Gasteiger partial charge in [0, 0.05) is 11.9 Å². The lowest BCUT2D eigenvalue weighted by atomic mass is 10.2. The van der Waals surface area contributed by atoms with Crippen molar-refractivity contribution >= 4 is 28.5 Å². The zero-order chi connectivity index (χ0) is 14.8.